The monoisotopic (exact) mass is 358 g/mol. The lowest BCUT2D eigenvalue weighted by Gasteiger charge is -2.33. The summed E-state index contributed by atoms with van der Waals surface area (Å²) in [5.74, 6) is 1.82. The van der Waals surface area contributed by atoms with Crippen LogP contribution in [0.5, 0.6) is 0 Å². The maximum atomic E-state index is 10.5. The second kappa shape index (κ2) is 7.15. The van der Waals surface area contributed by atoms with E-state index in [0.29, 0.717) is 11.8 Å². The molecule has 1 saturated heterocycles. The molecule has 132 valence electrons. The molecule has 1 atom stereocenters. The largest absolute Gasteiger partial charge is 0.472 e. The summed E-state index contributed by atoms with van der Waals surface area (Å²) in [6.45, 7) is 4.69. The minimum atomic E-state index is -0.330. The smallest absolute Gasteiger partial charge is 0.229 e. The van der Waals surface area contributed by atoms with E-state index in [1.807, 2.05) is 30.5 Å². The molecular weight excluding hydrogens is 336 g/mol. The number of thiophene rings is 1. The molecule has 0 aromatic carbocycles. The number of likely N-dealkylation sites (tertiary alicyclic amines) is 1. The molecule has 1 unspecified atom stereocenters. The Morgan fingerprint density at radius 1 is 1.36 bits per heavy atom. The third-order valence-corrected chi connectivity index (χ3v) is 5.89. The topological polar surface area (TPSA) is 62.6 Å². The lowest BCUT2D eigenvalue weighted by Crippen LogP contribution is -2.35. The van der Waals surface area contributed by atoms with Crippen molar-refractivity contribution < 1.29 is 13.9 Å². The average molecular weight is 358 g/mol. The van der Waals surface area contributed by atoms with Gasteiger partial charge in [0.2, 0.25) is 5.89 Å². The highest BCUT2D eigenvalue weighted by atomic mass is 32.1. The van der Waals surface area contributed by atoms with E-state index in [9.17, 15) is 5.11 Å². The molecule has 0 aliphatic carbocycles. The lowest BCUT2D eigenvalue weighted by molar-refractivity contribution is 0.0586. The zero-order chi connectivity index (χ0) is 17.2. The number of piperidine rings is 1. The van der Waals surface area contributed by atoms with Gasteiger partial charge in [0.05, 0.1) is 23.6 Å². The molecule has 5 nitrogen and oxygen atoms in total. The predicted molar refractivity (Wildman–Crippen MR) is 96.2 cm³/mol. The van der Waals surface area contributed by atoms with E-state index in [2.05, 4.69) is 9.88 Å². The van der Waals surface area contributed by atoms with Crippen LogP contribution >= 0.6 is 11.3 Å². The van der Waals surface area contributed by atoms with Gasteiger partial charge in [0.1, 0.15) is 12.0 Å². The Kier molecular flexibility index (Phi) is 4.74. The summed E-state index contributed by atoms with van der Waals surface area (Å²) in [5.41, 5.74) is 1.85. The van der Waals surface area contributed by atoms with Crippen molar-refractivity contribution in [3.8, 4) is 11.5 Å². The van der Waals surface area contributed by atoms with Gasteiger partial charge in [-0.25, -0.2) is 4.98 Å². The lowest BCUT2D eigenvalue weighted by atomic mass is 9.90. The molecule has 0 bridgehead atoms. The molecule has 1 fully saturated rings. The Hall–Kier alpha value is -1.89. The predicted octanol–water partition coefficient (Wildman–Crippen LogP) is 4.25. The van der Waals surface area contributed by atoms with Crippen molar-refractivity contribution in [3.63, 3.8) is 0 Å². The highest BCUT2D eigenvalue weighted by Gasteiger charge is 2.27. The molecule has 3 aromatic rings. The third kappa shape index (κ3) is 3.56. The van der Waals surface area contributed by atoms with Crippen molar-refractivity contribution in [2.24, 2.45) is 5.92 Å². The number of oxazole rings is 1. The van der Waals surface area contributed by atoms with Crippen molar-refractivity contribution in [1.82, 2.24) is 9.88 Å². The van der Waals surface area contributed by atoms with Crippen LogP contribution in [0.25, 0.3) is 11.5 Å². The van der Waals surface area contributed by atoms with Gasteiger partial charge in [-0.05, 0) is 56.3 Å². The van der Waals surface area contributed by atoms with Gasteiger partial charge >= 0.3 is 0 Å². The molecule has 4 heterocycles. The van der Waals surface area contributed by atoms with Crippen LogP contribution < -0.4 is 0 Å². The van der Waals surface area contributed by atoms with Crippen molar-refractivity contribution in [3.05, 3.63) is 52.4 Å². The van der Waals surface area contributed by atoms with Crippen LogP contribution in [0, 0.1) is 12.8 Å². The van der Waals surface area contributed by atoms with E-state index in [4.69, 9.17) is 8.83 Å². The molecule has 0 amide bonds. The van der Waals surface area contributed by atoms with Crippen molar-refractivity contribution >= 4 is 11.3 Å². The van der Waals surface area contributed by atoms with E-state index in [1.165, 1.54) is 0 Å². The van der Waals surface area contributed by atoms with Gasteiger partial charge < -0.3 is 13.9 Å². The fraction of sp³-hybridized carbons (Fsp3) is 0.421. The SMILES string of the molecule is Cc1oc(-c2ccoc2)nc1CN1CCC(C(O)c2cccs2)CC1. The van der Waals surface area contributed by atoms with Gasteiger partial charge in [-0.3, -0.25) is 4.90 Å². The van der Waals surface area contributed by atoms with E-state index < -0.39 is 0 Å². The molecule has 1 aliphatic heterocycles. The molecule has 4 rings (SSSR count). The van der Waals surface area contributed by atoms with Crippen LogP contribution in [-0.4, -0.2) is 28.1 Å². The maximum Gasteiger partial charge on any atom is 0.229 e. The summed E-state index contributed by atoms with van der Waals surface area (Å²) in [6.07, 6.45) is 4.95. The van der Waals surface area contributed by atoms with Crippen LogP contribution in [0.1, 0.15) is 35.3 Å². The second-order valence-electron chi connectivity index (χ2n) is 6.61. The van der Waals surface area contributed by atoms with E-state index >= 15 is 0 Å². The summed E-state index contributed by atoms with van der Waals surface area (Å²) < 4.78 is 10.9. The molecule has 6 heteroatoms. The maximum absolute atomic E-state index is 10.5. The minimum absolute atomic E-state index is 0.330. The van der Waals surface area contributed by atoms with Gasteiger partial charge in [-0.1, -0.05) is 6.07 Å². The van der Waals surface area contributed by atoms with Gasteiger partial charge in [0.25, 0.3) is 0 Å². The minimum Gasteiger partial charge on any atom is -0.472 e. The van der Waals surface area contributed by atoms with Gasteiger partial charge in [-0.2, -0.15) is 0 Å². The molecule has 0 spiro atoms. The Bertz CT molecular complexity index is 787. The normalized spacial score (nSPS) is 17.8. The zero-order valence-corrected chi connectivity index (χ0v) is 15.0. The van der Waals surface area contributed by atoms with Gasteiger partial charge in [-0.15, -0.1) is 11.3 Å². The highest BCUT2D eigenvalue weighted by Crippen LogP contribution is 2.33. The number of hydrogen-bond donors (Lipinski definition) is 1. The summed E-state index contributed by atoms with van der Waals surface area (Å²) in [4.78, 5) is 8.09. The van der Waals surface area contributed by atoms with Crippen molar-refractivity contribution in [2.75, 3.05) is 13.1 Å². The zero-order valence-electron chi connectivity index (χ0n) is 14.2. The van der Waals surface area contributed by atoms with Crippen LogP contribution in [0.4, 0.5) is 0 Å². The summed E-state index contributed by atoms with van der Waals surface area (Å²) in [7, 11) is 0. The number of aliphatic hydroxyl groups is 1. The number of rotatable bonds is 5. The first-order valence-corrected chi connectivity index (χ1v) is 9.51. The Morgan fingerprint density at radius 2 is 2.20 bits per heavy atom. The fourth-order valence-electron chi connectivity index (χ4n) is 3.41. The van der Waals surface area contributed by atoms with Crippen molar-refractivity contribution in [1.29, 1.82) is 0 Å². The molecule has 1 N–H and O–H groups in total. The Morgan fingerprint density at radius 3 is 2.88 bits per heavy atom. The molecule has 25 heavy (non-hydrogen) atoms. The standard InChI is InChI=1S/C19H22N2O3S/c1-13-16(20-19(24-13)15-6-9-23-12-15)11-21-7-4-14(5-8-21)18(22)17-3-2-10-25-17/h2-3,6,9-10,12,14,18,22H,4-5,7-8,11H2,1H3. The first-order valence-electron chi connectivity index (χ1n) is 8.63. The van der Waals surface area contributed by atoms with E-state index in [1.54, 1.807) is 23.9 Å². The number of furan rings is 1. The second-order valence-corrected chi connectivity index (χ2v) is 7.59. The quantitative estimate of drug-likeness (QED) is 0.739. The number of aromatic nitrogens is 1. The summed E-state index contributed by atoms with van der Waals surface area (Å²) in [5, 5.41) is 12.5. The highest BCUT2D eigenvalue weighted by molar-refractivity contribution is 7.10. The van der Waals surface area contributed by atoms with Gasteiger partial charge in [0, 0.05) is 11.4 Å². The first kappa shape index (κ1) is 16.6. The summed E-state index contributed by atoms with van der Waals surface area (Å²) >= 11 is 1.64. The average Bonchev–Trinajstić information content (AvgIpc) is 3.38. The number of hydrogen-bond acceptors (Lipinski definition) is 6. The molecule has 1 aliphatic rings. The first-order chi connectivity index (χ1) is 12.2. The molecule has 0 radical (unpaired) electrons. The van der Waals surface area contributed by atoms with Crippen LogP contribution in [-0.2, 0) is 6.54 Å². The number of aliphatic hydroxyl groups excluding tert-OH is 1. The van der Waals surface area contributed by atoms with Gasteiger partial charge in [0.15, 0.2) is 0 Å². The number of aryl methyl sites for hydroxylation is 1. The number of nitrogens with zero attached hydrogens (tertiary/aromatic N) is 2. The third-order valence-electron chi connectivity index (χ3n) is 4.95. The van der Waals surface area contributed by atoms with Crippen LogP contribution in [0.2, 0.25) is 0 Å². The Labute approximate surface area is 150 Å². The summed E-state index contributed by atoms with van der Waals surface area (Å²) in [6, 6.07) is 5.88. The molecule has 3 aromatic heterocycles. The van der Waals surface area contributed by atoms with Crippen molar-refractivity contribution in [2.45, 2.75) is 32.4 Å². The molecular formula is C19H22N2O3S. The van der Waals surface area contributed by atoms with Crippen LogP contribution in [0.15, 0.2) is 44.9 Å². The van der Waals surface area contributed by atoms with E-state index in [0.717, 1.165) is 54.4 Å². The van der Waals surface area contributed by atoms with Crippen LogP contribution in [0.3, 0.4) is 0 Å². The van der Waals surface area contributed by atoms with E-state index in [-0.39, 0.29) is 6.10 Å². The molecule has 0 saturated carbocycles. The fourth-order valence-corrected chi connectivity index (χ4v) is 4.22. The Balaban J connectivity index is 1.36.